The van der Waals surface area contributed by atoms with Gasteiger partial charge in [-0.3, -0.25) is 4.79 Å². The van der Waals surface area contributed by atoms with Crippen LogP contribution in [0.3, 0.4) is 0 Å². The third-order valence-electron chi connectivity index (χ3n) is 2.85. The van der Waals surface area contributed by atoms with Gasteiger partial charge in [0.25, 0.3) is 0 Å². The molecule has 2 aromatic rings. The highest BCUT2D eigenvalue weighted by molar-refractivity contribution is 7.99. The quantitative estimate of drug-likeness (QED) is 0.669. The molecule has 0 aliphatic heterocycles. The summed E-state index contributed by atoms with van der Waals surface area (Å²) in [5, 5.41) is 2.69. The predicted octanol–water partition coefficient (Wildman–Crippen LogP) is 3.17. The predicted molar refractivity (Wildman–Crippen MR) is 87.1 cm³/mol. The minimum Gasteiger partial charge on any atom is -0.465 e. The smallest absolute Gasteiger partial charge is 0.337 e. The molecule has 0 atom stereocenters. The topological polar surface area (TPSA) is 81.4 Å². The lowest BCUT2D eigenvalue weighted by Crippen LogP contribution is -2.07. The SMILES string of the molecule is COC(=O)c1ccc(Sc2ccc(N)c(NC(C)=O)c2)cc1. The van der Waals surface area contributed by atoms with Crippen molar-refractivity contribution in [2.75, 3.05) is 18.2 Å². The standard InChI is InChI=1S/C16H16N2O3S/c1-10(19)18-15-9-13(7-8-14(15)17)22-12-5-3-11(4-6-12)16(20)21-2/h3-9H,17H2,1-2H3,(H,18,19). The summed E-state index contributed by atoms with van der Waals surface area (Å²) in [7, 11) is 1.35. The normalized spacial score (nSPS) is 10.1. The van der Waals surface area contributed by atoms with E-state index in [0.717, 1.165) is 9.79 Å². The molecule has 3 N–H and O–H groups in total. The number of amides is 1. The molecule has 0 saturated carbocycles. The number of nitrogens with one attached hydrogen (secondary N) is 1. The van der Waals surface area contributed by atoms with E-state index < -0.39 is 0 Å². The second-order valence-electron chi connectivity index (χ2n) is 4.55. The highest BCUT2D eigenvalue weighted by Gasteiger charge is 2.07. The average Bonchev–Trinajstić information content (AvgIpc) is 2.50. The van der Waals surface area contributed by atoms with Crippen molar-refractivity contribution in [3.8, 4) is 0 Å². The van der Waals surface area contributed by atoms with Gasteiger partial charge in [-0.05, 0) is 42.5 Å². The maximum Gasteiger partial charge on any atom is 0.337 e. The first kappa shape index (κ1) is 15.9. The van der Waals surface area contributed by atoms with Gasteiger partial charge in [-0.15, -0.1) is 0 Å². The van der Waals surface area contributed by atoms with Gasteiger partial charge in [0.1, 0.15) is 0 Å². The first-order valence-electron chi connectivity index (χ1n) is 6.53. The Hall–Kier alpha value is -2.47. The van der Waals surface area contributed by atoms with Gasteiger partial charge in [-0.25, -0.2) is 4.79 Å². The van der Waals surface area contributed by atoms with Gasteiger partial charge in [-0.2, -0.15) is 0 Å². The first-order valence-corrected chi connectivity index (χ1v) is 7.34. The number of rotatable bonds is 4. The Balaban J connectivity index is 2.16. The van der Waals surface area contributed by atoms with E-state index in [1.54, 1.807) is 18.2 Å². The number of carbonyl (C=O) groups excluding carboxylic acids is 2. The van der Waals surface area contributed by atoms with Gasteiger partial charge in [0, 0.05) is 16.7 Å². The number of carbonyl (C=O) groups is 2. The molecule has 22 heavy (non-hydrogen) atoms. The van der Waals surface area contributed by atoms with Crippen LogP contribution in [0.5, 0.6) is 0 Å². The largest absolute Gasteiger partial charge is 0.465 e. The molecule has 1 amide bonds. The number of anilines is 2. The van der Waals surface area contributed by atoms with Crippen LogP contribution in [-0.4, -0.2) is 19.0 Å². The Kier molecular flexibility index (Phi) is 5.06. The van der Waals surface area contributed by atoms with Crippen LogP contribution in [0.1, 0.15) is 17.3 Å². The number of nitrogens with two attached hydrogens (primary N) is 1. The van der Waals surface area contributed by atoms with Crippen molar-refractivity contribution in [1.82, 2.24) is 0 Å². The van der Waals surface area contributed by atoms with Crippen molar-refractivity contribution in [3.63, 3.8) is 0 Å². The molecule has 114 valence electrons. The van der Waals surface area contributed by atoms with Crippen molar-refractivity contribution >= 4 is 35.0 Å². The number of nitrogen functional groups attached to an aromatic ring is 1. The van der Waals surface area contributed by atoms with Gasteiger partial charge in [0.05, 0.1) is 24.0 Å². The Morgan fingerprint density at radius 2 is 1.73 bits per heavy atom. The molecule has 5 nitrogen and oxygen atoms in total. The summed E-state index contributed by atoms with van der Waals surface area (Å²) in [5.41, 5.74) is 7.43. The maximum atomic E-state index is 11.4. The molecular formula is C16H16N2O3S. The zero-order valence-corrected chi connectivity index (χ0v) is 13.1. The third-order valence-corrected chi connectivity index (χ3v) is 3.84. The molecule has 2 aromatic carbocycles. The minimum absolute atomic E-state index is 0.170. The zero-order valence-electron chi connectivity index (χ0n) is 12.3. The number of esters is 1. The molecule has 6 heteroatoms. The van der Waals surface area contributed by atoms with E-state index in [1.807, 2.05) is 24.3 Å². The monoisotopic (exact) mass is 316 g/mol. The Bertz CT molecular complexity index is 699. The second kappa shape index (κ2) is 7.00. The minimum atomic E-state index is -0.364. The maximum absolute atomic E-state index is 11.4. The van der Waals surface area contributed by atoms with Gasteiger partial charge in [0.2, 0.25) is 5.91 Å². The third kappa shape index (κ3) is 4.02. The summed E-state index contributed by atoms with van der Waals surface area (Å²) in [6.07, 6.45) is 0. The highest BCUT2D eigenvalue weighted by Crippen LogP contribution is 2.32. The number of ether oxygens (including phenoxy) is 1. The van der Waals surface area contributed by atoms with Crippen LogP contribution in [-0.2, 0) is 9.53 Å². The number of hydrogen-bond donors (Lipinski definition) is 2. The Labute approximate surface area is 132 Å². The first-order chi connectivity index (χ1) is 10.5. The van der Waals surface area contributed by atoms with Gasteiger partial charge < -0.3 is 15.8 Å². The molecule has 0 aliphatic rings. The van der Waals surface area contributed by atoms with E-state index in [9.17, 15) is 9.59 Å². The van der Waals surface area contributed by atoms with Crippen LogP contribution >= 0.6 is 11.8 Å². The van der Waals surface area contributed by atoms with E-state index in [1.165, 1.54) is 25.8 Å². The lowest BCUT2D eigenvalue weighted by molar-refractivity contribution is -0.114. The van der Waals surface area contributed by atoms with Crippen molar-refractivity contribution in [2.45, 2.75) is 16.7 Å². The van der Waals surface area contributed by atoms with Gasteiger partial charge in [-0.1, -0.05) is 11.8 Å². The molecular weight excluding hydrogens is 300 g/mol. The Morgan fingerprint density at radius 3 is 2.32 bits per heavy atom. The lowest BCUT2D eigenvalue weighted by atomic mass is 10.2. The van der Waals surface area contributed by atoms with Gasteiger partial charge >= 0.3 is 5.97 Å². The summed E-state index contributed by atoms with van der Waals surface area (Å²) in [6, 6.07) is 12.5. The van der Waals surface area contributed by atoms with Crippen LogP contribution in [0, 0.1) is 0 Å². The summed E-state index contributed by atoms with van der Waals surface area (Å²) in [5.74, 6) is -0.534. The van der Waals surface area contributed by atoms with Crippen molar-refractivity contribution in [2.24, 2.45) is 0 Å². The van der Waals surface area contributed by atoms with Crippen LogP contribution < -0.4 is 11.1 Å². The average molecular weight is 316 g/mol. The van der Waals surface area contributed by atoms with E-state index in [4.69, 9.17) is 5.73 Å². The molecule has 0 fully saturated rings. The molecule has 0 spiro atoms. The Morgan fingerprint density at radius 1 is 1.09 bits per heavy atom. The fourth-order valence-electron chi connectivity index (χ4n) is 1.81. The summed E-state index contributed by atoms with van der Waals surface area (Å²) >= 11 is 1.51. The molecule has 0 unspecified atom stereocenters. The van der Waals surface area contributed by atoms with Crippen molar-refractivity contribution in [1.29, 1.82) is 0 Å². The van der Waals surface area contributed by atoms with E-state index in [0.29, 0.717) is 16.9 Å². The molecule has 2 rings (SSSR count). The molecule has 0 saturated heterocycles. The van der Waals surface area contributed by atoms with Crippen LogP contribution in [0.15, 0.2) is 52.3 Å². The fourth-order valence-corrected chi connectivity index (χ4v) is 2.67. The molecule has 0 aromatic heterocycles. The molecule has 0 heterocycles. The van der Waals surface area contributed by atoms with Crippen LogP contribution in [0.25, 0.3) is 0 Å². The molecule has 0 aliphatic carbocycles. The lowest BCUT2D eigenvalue weighted by Gasteiger charge is -2.09. The van der Waals surface area contributed by atoms with Crippen molar-refractivity contribution in [3.05, 3.63) is 48.0 Å². The summed E-state index contributed by atoms with van der Waals surface area (Å²) < 4.78 is 4.66. The van der Waals surface area contributed by atoms with Crippen LogP contribution in [0.4, 0.5) is 11.4 Å². The number of hydrogen-bond acceptors (Lipinski definition) is 5. The summed E-state index contributed by atoms with van der Waals surface area (Å²) in [4.78, 5) is 24.4. The number of methoxy groups -OCH3 is 1. The van der Waals surface area contributed by atoms with Gasteiger partial charge in [0.15, 0.2) is 0 Å². The second-order valence-corrected chi connectivity index (χ2v) is 5.70. The number of benzene rings is 2. The van der Waals surface area contributed by atoms with E-state index in [2.05, 4.69) is 10.1 Å². The van der Waals surface area contributed by atoms with Crippen LogP contribution in [0.2, 0.25) is 0 Å². The van der Waals surface area contributed by atoms with E-state index >= 15 is 0 Å². The zero-order chi connectivity index (χ0) is 16.1. The molecule has 0 radical (unpaired) electrons. The van der Waals surface area contributed by atoms with E-state index in [-0.39, 0.29) is 11.9 Å². The highest BCUT2D eigenvalue weighted by atomic mass is 32.2. The fraction of sp³-hybridized carbons (Fsp3) is 0.125. The van der Waals surface area contributed by atoms with Crippen molar-refractivity contribution < 1.29 is 14.3 Å². The molecule has 0 bridgehead atoms. The summed E-state index contributed by atoms with van der Waals surface area (Å²) in [6.45, 7) is 1.44.